The Morgan fingerprint density at radius 1 is 0.484 bits per heavy atom. The molecule has 0 spiro atoms. The van der Waals surface area contributed by atoms with Crippen LogP contribution in [0.15, 0.2) is 180 Å². The second kappa shape index (κ2) is 13.7. The van der Waals surface area contributed by atoms with Crippen molar-refractivity contribution in [2.24, 2.45) is 0 Å². The van der Waals surface area contributed by atoms with Gasteiger partial charge in [0.2, 0.25) is 0 Å². The largest absolute Gasteiger partial charge is 0.456 e. The lowest BCUT2D eigenvalue weighted by Crippen LogP contribution is -2.04. The van der Waals surface area contributed by atoms with Gasteiger partial charge in [-0.25, -0.2) is 15.0 Å². The van der Waals surface area contributed by atoms with Crippen LogP contribution in [0.3, 0.4) is 0 Å². The van der Waals surface area contributed by atoms with E-state index in [9.17, 15) is 0 Å². The molecule has 5 nitrogen and oxygen atoms in total. The topological polar surface area (TPSA) is 56.7 Å². The molecular weight excluding hydrogens is 777 g/mol. The predicted octanol–water partition coefficient (Wildman–Crippen LogP) is 15.5. The molecule has 0 fully saturated rings. The number of aryl methyl sites for hydroxylation is 1. The summed E-state index contributed by atoms with van der Waals surface area (Å²) >= 11 is 1.79. The third-order valence-corrected chi connectivity index (χ3v) is 13.7. The molecule has 292 valence electrons. The molecule has 9 aromatic carbocycles. The maximum Gasteiger partial charge on any atom is 0.166 e. The van der Waals surface area contributed by atoms with E-state index in [1.54, 1.807) is 11.3 Å². The smallest absolute Gasteiger partial charge is 0.166 e. The summed E-state index contributed by atoms with van der Waals surface area (Å²) in [6.45, 7) is 2.24. The lowest BCUT2D eigenvalue weighted by molar-refractivity contribution is 0.669. The molecule has 0 N–H and O–H groups in total. The molecule has 0 amide bonds. The van der Waals surface area contributed by atoms with Gasteiger partial charge < -0.3 is 8.98 Å². The summed E-state index contributed by atoms with van der Waals surface area (Å²) in [4.78, 5) is 16.3. The van der Waals surface area contributed by atoms with Gasteiger partial charge in [-0.1, -0.05) is 135 Å². The van der Waals surface area contributed by atoms with Crippen LogP contribution >= 0.6 is 11.3 Å². The van der Waals surface area contributed by atoms with Crippen LogP contribution in [0.4, 0.5) is 0 Å². The van der Waals surface area contributed by atoms with Gasteiger partial charge in [0.1, 0.15) is 11.2 Å². The Balaban J connectivity index is 1.18. The zero-order valence-corrected chi connectivity index (χ0v) is 34.6. The van der Waals surface area contributed by atoms with Crippen LogP contribution in [-0.4, -0.2) is 19.5 Å². The Hall–Kier alpha value is -7.67. The van der Waals surface area contributed by atoms with Gasteiger partial charge in [-0.15, -0.1) is 11.3 Å². The SMILES string of the molecule is CCCc1ccc2c3cc4ccccc4cc3n(-c3c(-c4nc(-c5ccc6ccccc6c5)nc(-c5cccc6c5sc5ccccc56)n4)ccc4oc5ccccc5c34)c2c1. The number of rotatable bonds is 6. The molecular formula is C56H36N4OS. The zero-order valence-electron chi connectivity index (χ0n) is 33.8. The number of para-hydroxylation sites is 1. The van der Waals surface area contributed by atoms with Crippen LogP contribution in [0.25, 0.3) is 125 Å². The number of hydrogen-bond donors (Lipinski definition) is 0. The maximum atomic E-state index is 6.68. The third-order valence-electron chi connectivity index (χ3n) is 12.5. The first kappa shape index (κ1) is 35.1. The van der Waals surface area contributed by atoms with Crippen LogP contribution in [0.1, 0.15) is 18.9 Å². The molecule has 13 aromatic rings. The van der Waals surface area contributed by atoms with E-state index in [-0.39, 0.29) is 0 Å². The quantitative estimate of drug-likeness (QED) is 0.168. The molecule has 0 radical (unpaired) electrons. The average Bonchev–Trinajstić information content (AvgIpc) is 3.99. The Morgan fingerprint density at radius 3 is 2.03 bits per heavy atom. The Bertz CT molecular complexity index is 3970. The summed E-state index contributed by atoms with van der Waals surface area (Å²) in [6.07, 6.45) is 2.04. The summed E-state index contributed by atoms with van der Waals surface area (Å²) in [7, 11) is 0. The summed E-state index contributed by atoms with van der Waals surface area (Å²) in [5.41, 5.74) is 9.00. The fourth-order valence-electron chi connectivity index (χ4n) is 9.64. The van der Waals surface area contributed by atoms with Crippen molar-refractivity contribution in [1.29, 1.82) is 0 Å². The van der Waals surface area contributed by atoms with Gasteiger partial charge in [0.05, 0.1) is 22.1 Å². The van der Waals surface area contributed by atoms with Gasteiger partial charge >= 0.3 is 0 Å². The fraction of sp³-hybridized carbons (Fsp3) is 0.0536. The highest BCUT2D eigenvalue weighted by atomic mass is 32.1. The first-order valence-corrected chi connectivity index (χ1v) is 22.1. The van der Waals surface area contributed by atoms with Gasteiger partial charge in [-0.3, -0.25) is 0 Å². The van der Waals surface area contributed by atoms with E-state index in [1.807, 2.05) is 6.07 Å². The monoisotopic (exact) mass is 812 g/mol. The predicted molar refractivity (Wildman–Crippen MR) is 260 cm³/mol. The van der Waals surface area contributed by atoms with Crippen LogP contribution in [0.2, 0.25) is 0 Å². The van der Waals surface area contributed by atoms with Crippen molar-refractivity contribution in [3.63, 3.8) is 0 Å². The number of furan rings is 1. The molecule has 13 rings (SSSR count). The molecule has 0 saturated heterocycles. The van der Waals surface area contributed by atoms with Gasteiger partial charge in [-0.2, -0.15) is 0 Å². The summed E-state index contributed by atoms with van der Waals surface area (Å²) in [5.74, 6) is 1.85. The molecule has 0 aliphatic carbocycles. The van der Waals surface area contributed by atoms with Crippen LogP contribution < -0.4 is 0 Å². The first-order chi connectivity index (χ1) is 30.7. The minimum Gasteiger partial charge on any atom is -0.456 e. The lowest BCUT2D eigenvalue weighted by Gasteiger charge is -2.17. The number of hydrogen-bond acceptors (Lipinski definition) is 5. The maximum absolute atomic E-state index is 6.68. The van der Waals surface area contributed by atoms with Crippen LogP contribution in [0, 0.1) is 0 Å². The molecule has 4 heterocycles. The number of nitrogens with zero attached hydrogens (tertiary/aromatic N) is 4. The normalized spacial score (nSPS) is 12.1. The van der Waals surface area contributed by atoms with Crippen molar-refractivity contribution in [2.45, 2.75) is 19.8 Å². The van der Waals surface area contributed by atoms with E-state index in [4.69, 9.17) is 19.4 Å². The highest BCUT2D eigenvalue weighted by molar-refractivity contribution is 7.26. The van der Waals surface area contributed by atoms with Crippen LogP contribution in [0.5, 0.6) is 0 Å². The van der Waals surface area contributed by atoms with Crippen molar-refractivity contribution >= 4 is 96.8 Å². The van der Waals surface area contributed by atoms with E-state index in [0.717, 1.165) is 78.3 Å². The molecule has 6 heteroatoms. The Labute approximate surface area is 360 Å². The summed E-state index contributed by atoms with van der Waals surface area (Å²) in [6, 6.07) is 63.0. The average molecular weight is 813 g/mol. The van der Waals surface area contributed by atoms with E-state index >= 15 is 0 Å². The van der Waals surface area contributed by atoms with E-state index in [2.05, 4.69) is 181 Å². The highest BCUT2D eigenvalue weighted by Crippen LogP contribution is 2.45. The van der Waals surface area contributed by atoms with E-state index in [0.29, 0.717) is 17.5 Å². The van der Waals surface area contributed by atoms with Crippen LogP contribution in [-0.2, 0) is 6.42 Å². The van der Waals surface area contributed by atoms with E-state index in [1.165, 1.54) is 48.0 Å². The fourth-order valence-corrected chi connectivity index (χ4v) is 10.9. The summed E-state index contributed by atoms with van der Waals surface area (Å²) < 4.78 is 11.5. The number of fused-ring (bicyclic) bond motifs is 11. The molecule has 62 heavy (non-hydrogen) atoms. The lowest BCUT2D eigenvalue weighted by atomic mass is 10.0. The molecule has 0 atom stereocenters. The third kappa shape index (κ3) is 5.36. The van der Waals surface area contributed by atoms with Crippen molar-refractivity contribution < 1.29 is 4.42 Å². The van der Waals surface area contributed by atoms with Crippen molar-refractivity contribution in [1.82, 2.24) is 19.5 Å². The molecule has 0 saturated carbocycles. The first-order valence-electron chi connectivity index (χ1n) is 21.2. The second-order valence-electron chi connectivity index (χ2n) is 16.2. The standard InChI is InChI=1S/C56H36N4OS/c1-2-12-33-23-26-39-45-31-36-15-5-6-16-37(36)32-47(45)60(46(39)29-33)52-43(27-28-49-51(52)42-18-7-9-21-48(42)61-49)55-57-54(38-25-24-34-13-3-4-14-35(34)30-38)58-56(59-55)44-20-11-19-41-40-17-8-10-22-50(40)62-53(41)44/h3-11,13-32H,2,12H2,1H3. The molecule has 0 aliphatic rings. The number of aromatic nitrogens is 4. The minimum atomic E-state index is 0.596. The van der Waals surface area contributed by atoms with Gasteiger partial charge in [0.25, 0.3) is 0 Å². The Kier molecular flexibility index (Phi) is 7.75. The van der Waals surface area contributed by atoms with Crippen molar-refractivity contribution in [3.8, 4) is 39.9 Å². The molecule has 0 bridgehead atoms. The molecule has 4 aromatic heterocycles. The zero-order chi connectivity index (χ0) is 40.9. The highest BCUT2D eigenvalue weighted by Gasteiger charge is 2.25. The molecule has 0 aliphatic heterocycles. The second-order valence-corrected chi connectivity index (χ2v) is 17.3. The number of thiophene rings is 1. The van der Waals surface area contributed by atoms with Crippen molar-refractivity contribution in [2.75, 3.05) is 0 Å². The van der Waals surface area contributed by atoms with E-state index < -0.39 is 0 Å². The van der Waals surface area contributed by atoms with Crippen molar-refractivity contribution in [3.05, 3.63) is 181 Å². The van der Waals surface area contributed by atoms with Gasteiger partial charge in [-0.05, 0) is 88.1 Å². The Morgan fingerprint density at radius 2 is 1.18 bits per heavy atom. The number of benzene rings is 9. The summed E-state index contributed by atoms with van der Waals surface area (Å²) in [5, 5.41) is 11.6. The van der Waals surface area contributed by atoms with Gasteiger partial charge in [0, 0.05) is 53.0 Å². The minimum absolute atomic E-state index is 0.596. The molecule has 0 unspecified atom stereocenters. The van der Waals surface area contributed by atoms with Gasteiger partial charge in [0.15, 0.2) is 17.5 Å².